The Kier molecular flexibility index (Phi) is 2.99. The van der Waals surface area contributed by atoms with Crippen LogP contribution in [0.1, 0.15) is 18.4 Å². The third-order valence-electron chi connectivity index (χ3n) is 2.44. The zero-order valence-electron chi connectivity index (χ0n) is 8.59. The highest BCUT2D eigenvalue weighted by Gasteiger charge is 2.12. The number of allylic oxidation sites excluding steroid dienone is 1. The van der Waals surface area contributed by atoms with Gasteiger partial charge in [-0.1, -0.05) is 0 Å². The summed E-state index contributed by atoms with van der Waals surface area (Å²) in [5.74, 6) is -1.09. The SMILES string of the molecule is O=C1CCNC(=Cc2ccc(F)cc2F)C1. The molecule has 1 aromatic rings. The van der Waals surface area contributed by atoms with Gasteiger partial charge in [-0.05, 0) is 18.2 Å². The average Bonchev–Trinajstić information content (AvgIpc) is 2.22. The number of hydrogen-bond acceptors (Lipinski definition) is 2. The number of rotatable bonds is 1. The van der Waals surface area contributed by atoms with Gasteiger partial charge in [0.05, 0.1) is 0 Å². The Morgan fingerprint density at radius 1 is 1.31 bits per heavy atom. The number of carbonyl (C=O) groups excluding carboxylic acids is 1. The monoisotopic (exact) mass is 223 g/mol. The second-order valence-corrected chi connectivity index (χ2v) is 3.73. The second-order valence-electron chi connectivity index (χ2n) is 3.73. The van der Waals surface area contributed by atoms with Crippen LogP contribution in [0.3, 0.4) is 0 Å². The summed E-state index contributed by atoms with van der Waals surface area (Å²) in [6.07, 6.45) is 2.34. The summed E-state index contributed by atoms with van der Waals surface area (Å²) >= 11 is 0. The smallest absolute Gasteiger partial charge is 0.140 e. The van der Waals surface area contributed by atoms with Crippen LogP contribution < -0.4 is 5.32 Å². The van der Waals surface area contributed by atoms with E-state index in [4.69, 9.17) is 0 Å². The van der Waals surface area contributed by atoms with Gasteiger partial charge in [0.2, 0.25) is 0 Å². The van der Waals surface area contributed by atoms with Crippen LogP contribution in [0.4, 0.5) is 8.78 Å². The van der Waals surface area contributed by atoms with Crippen molar-refractivity contribution in [1.82, 2.24) is 5.32 Å². The van der Waals surface area contributed by atoms with Crippen LogP contribution in [-0.4, -0.2) is 12.3 Å². The third kappa shape index (κ3) is 2.45. The fourth-order valence-corrected chi connectivity index (χ4v) is 1.63. The predicted molar refractivity (Wildman–Crippen MR) is 56.6 cm³/mol. The van der Waals surface area contributed by atoms with Crippen molar-refractivity contribution in [2.45, 2.75) is 12.8 Å². The number of Topliss-reactive ketones (excluding diaryl/α,β-unsaturated/α-hetero) is 1. The molecule has 1 saturated heterocycles. The van der Waals surface area contributed by atoms with E-state index < -0.39 is 11.6 Å². The number of hydrogen-bond donors (Lipinski definition) is 1. The molecule has 1 aliphatic heterocycles. The lowest BCUT2D eigenvalue weighted by atomic mass is 10.1. The molecule has 1 heterocycles. The molecule has 0 radical (unpaired) electrons. The summed E-state index contributed by atoms with van der Waals surface area (Å²) in [5, 5.41) is 3.02. The van der Waals surface area contributed by atoms with Crippen LogP contribution in [0.2, 0.25) is 0 Å². The normalized spacial score (nSPS) is 18.6. The molecule has 0 saturated carbocycles. The summed E-state index contributed by atoms with van der Waals surface area (Å²) in [6, 6.07) is 3.38. The van der Waals surface area contributed by atoms with Gasteiger partial charge in [-0.3, -0.25) is 4.79 Å². The zero-order chi connectivity index (χ0) is 11.5. The van der Waals surface area contributed by atoms with Crippen LogP contribution in [0.5, 0.6) is 0 Å². The molecular formula is C12H11F2NO. The maximum Gasteiger partial charge on any atom is 0.140 e. The van der Waals surface area contributed by atoms with Crippen LogP contribution >= 0.6 is 0 Å². The molecule has 84 valence electrons. The van der Waals surface area contributed by atoms with Crippen molar-refractivity contribution in [2.24, 2.45) is 0 Å². The molecule has 1 aromatic carbocycles. The lowest BCUT2D eigenvalue weighted by molar-refractivity contribution is -0.119. The molecule has 4 heteroatoms. The maximum absolute atomic E-state index is 13.3. The van der Waals surface area contributed by atoms with Gasteiger partial charge in [-0.2, -0.15) is 0 Å². The minimum Gasteiger partial charge on any atom is -0.388 e. The van der Waals surface area contributed by atoms with Gasteiger partial charge >= 0.3 is 0 Å². The van der Waals surface area contributed by atoms with Gasteiger partial charge in [-0.25, -0.2) is 8.78 Å². The Balaban J connectivity index is 2.24. The first-order valence-corrected chi connectivity index (χ1v) is 5.06. The van der Waals surface area contributed by atoms with E-state index in [1.165, 1.54) is 12.1 Å². The first-order chi connectivity index (χ1) is 7.65. The van der Waals surface area contributed by atoms with E-state index in [2.05, 4.69) is 5.32 Å². The molecule has 0 aromatic heterocycles. The molecule has 0 bridgehead atoms. The highest BCUT2D eigenvalue weighted by molar-refractivity contribution is 5.83. The van der Waals surface area contributed by atoms with Crippen molar-refractivity contribution in [3.63, 3.8) is 0 Å². The number of nitrogens with one attached hydrogen (secondary N) is 1. The second kappa shape index (κ2) is 4.43. The Labute approximate surface area is 92.0 Å². The van der Waals surface area contributed by atoms with Gasteiger partial charge in [0.25, 0.3) is 0 Å². The summed E-state index contributed by atoms with van der Waals surface area (Å²) < 4.78 is 26.0. The van der Waals surface area contributed by atoms with Gasteiger partial charge in [0.1, 0.15) is 17.4 Å². The molecule has 1 fully saturated rings. The van der Waals surface area contributed by atoms with Gasteiger partial charge in [0, 0.05) is 36.7 Å². The van der Waals surface area contributed by atoms with Crippen molar-refractivity contribution >= 4 is 11.9 Å². The van der Waals surface area contributed by atoms with Crippen LogP contribution in [0.25, 0.3) is 6.08 Å². The van der Waals surface area contributed by atoms with E-state index >= 15 is 0 Å². The fourth-order valence-electron chi connectivity index (χ4n) is 1.63. The molecule has 1 aliphatic rings. The van der Waals surface area contributed by atoms with E-state index in [1.54, 1.807) is 6.08 Å². The maximum atomic E-state index is 13.3. The highest BCUT2D eigenvalue weighted by Crippen LogP contribution is 2.16. The minimum absolute atomic E-state index is 0.132. The van der Waals surface area contributed by atoms with E-state index in [-0.39, 0.29) is 12.2 Å². The third-order valence-corrected chi connectivity index (χ3v) is 2.44. The molecule has 2 rings (SSSR count). The van der Waals surface area contributed by atoms with Crippen molar-refractivity contribution in [3.8, 4) is 0 Å². The van der Waals surface area contributed by atoms with Crippen molar-refractivity contribution in [3.05, 3.63) is 41.1 Å². The highest BCUT2D eigenvalue weighted by atomic mass is 19.1. The molecule has 16 heavy (non-hydrogen) atoms. The molecule has 2 nitrogen and oxygen atoms in total. The quantitative estimate of drug-likeness (QED) is 0.791. The minimum atomic E-state index is -0.618. The Morgan fingerprint density at radius 3 is 2.81 bits per heavy atom. The van der Waals surface area contributed by atoms with Gasteiger partial charge in [-0.15, -0.1) is 0 Å². The number of ketones is 1. The fraction of sp³-hybridized carbons (Fsp3) is 0.250. The molecule has 0 unspecified atom stereocenters. The molecular weight excluding hydrogens is 212 g/mol. The van der Waals surface area contributed by atoms with Gasteiger partial charge in [0.15, 0.2) is 0 Å². The zero-order valence-corrected chi connectivity index (χ0v) is 8.59. The van der Waals surface area contributed by atoms with E-state index in [1.807, 2.05) is 0 Å². The van der Waals surface area contributed by atoms with Gasteiger partial charge < -0.3 is 5.32 Å². The Hall–Kier alpha value is -1.71. The van der Waals surface area contributed by atoms with E-state index in [0.717, 1.165) is 6.07 Å². The largest absolute Gasteiger partial charge is 0.388 e. The van der Waals surface area contributed by atoms with Crippen LogP contribution in [0.15, 0.2) is 23.9 Å². The summed E-state index contributed by atoms with van der Waals surface area (Å²) in [7, 11) is 0. The summed E-state index contributed by atoms with van der Waals surface area (Å²) in [5.41, 5.74) is 0.973. The Bertz CT molecular complexity index is 454. The first-order valence-electron chi connectivity index (χ1n) is 5.06. The van der Waals surface area contributed by atoms with Crippen LogP contribution in [-0.2, 0) is 4.79 Å². The molecule has 0 spiro atoms. The first kappa shape index (κ1) is 10.8. The number of carbonyl (C=O) groups is 1. The summed E-state index contributed by atoms with van der Waals surface area (Å²) in [4.78, 5) is 11.2. The number of benzene rings is 1. The number of piperidine rings is 1. The predicted octanol–water partition coefficient (Wildman–Crippen LogP) is 2.26. The van der Waals surface area contributed by atoms with Crippen LogP contribution in [0, 0.1) is 11.6 Å². The molecule has 0 aliphatic carbocycles. The van der Waals surface area contributed by atoms with E-state index in [9.17, 15) is 13.6 Å². The molecule has 1 N–H and O–H groups in total. The molecule has 0 atom stereocenters. The van der Waals surface area contributed by atoms with Crippen molar-refractivity contribution < 1.29 is 13.6 Å². The van der Waals surface area contributed by atoms with E-state index in [0.29, 0.717) is 24.2 Å². The lowest BCUT2D eigenvalue weighted by Gasteiger charge is -2.15. The van der Waals surface area contributed by atoms with Crippen molar-refractivity contribution in [2.75, 3.05) is 6.54 Å². The number of halogens is 2. The standard InChI is InChI=1S/C12H11F2NO/c13-9-2-1-8(12(14)6-9)5-10-7-11(16)3-4-15-10/h1-2,5-6,15H,3-4,7H2. The lowest BCUT2D eigenvalue weighted by Crippen LogP contribution is -2.25. The summed E-state index contributed by atoms with van der Waals surface area (Å²) in [6.45, 7) is 0.577. The molecule has 0 amide bonds. The Morgan fingerprint density at radius 2 is 2.12 bits per heavy atom. The topological polar surface area (TPSA) is 29.1 Å². The van der Waals surface area contributed by atoms with Crippen molar-refractivity contribution in [1.29, 1.82) is 0 Å². The average molecular weight is 223 g/mol.